The summed E-state index contributed by atoms with van der Waals surface area (Å²) in [7, 11) is 0. The van der Waals surface area contributed by atoms with Crippen LogP contribution >= 0.6 is 27.3 Å². The zero-order valence-corrected chi connectivity index (χ0v) is 12.9. The maximum Gasteiger partial charge on any atom is 0.220 e. The second kappa shape index (κ2) is 7.29. The first-order chi connectivity index (χ1) is 8.75. The quantitative estimate of drug-likeness (QED) is 0.815. The van der Waals surface area contributed by atoms with Crippen molar-refractivity contribution in [2.24, 2.45) is 0 Å². The van der Waals surface area contributed by atoms with Crippen molar-refractivity contribution in [3.63, 3.8) is 0 Å². The number of aryl methyl sites for hydroxylation is 1. The highest BCUT2D eigenvalue weighted by Gasteiger charge is 2.23. The summed E-state index contributed by atoms with van der Waals surface area (Å²) in [4.78, 5) is 13.7. The maximum atomic E-state index is 11.9. The monoisotopic (exact) mass is 329 g/mol. The Bertz CT molecular complexity index is 366. The largest absolute Gasteiger partial charge is 0.352 e. The highest BCUT2D eigenvalue weighted by atomic mass is 79.9. The Morgan fingerprint density at radius 2 is 2.28 bits per heavy atom. The zero-order chi connectivity index (χ0) is 12.8. The topological polar surface area (TPSA) is 29.1 Å². The van der Waals surface area contributed by atoms with E-state index in [2.05, 4.69) is 38.8 Å². The summed E-state index contributed by atoms with van der Waals surface area (Å²) in [5.74, 6) is 0.211. The van der Waals surface area contributed by atoms with Gasteiger partial charge in [0.05, 0.1) is 0 Å². The molecule has 1 aliphatic rings. The average molecular weight is 330 g/mol. The van der Waals surface area contributed by atoms with E-state index in [1.165, 1.54) is 24.1 Å². The summed E-state index contributed by atoms with van der Waals surface area (Å²) in [5, 5.41) is 5.26. The minimum absolute atomic E-state index is 0.211. The van der Waals surface area contributed by atoms with E-state index >= 15 is 0 Å². The van der Waals surface area contributed by atoms with E-state index in [1.54, 1.807) is 11.3 Å². The Morgan fingerprint density at radius 3 is 3.00 bits per heavy atom. The van der Waals surface area contributed by atoms with Crippen molar-refractivity contribution in [2.75, 3.05) is 0 Å². The third kappa shape index (κ3) is 4.39. The molecule has 2 rings (SSSR count). The van der Waals surface area contributed by atoms with Gasteiger partial charge in [-0.25, -0.2) is 0 Å². The first kappa shape index (κ1) is 14.1. The van der Waals surface area contributed by atoms with E-state index in [4.69, 9.17) is 0 Å². The Balaban J connectivity index is 1.65. The van der Waals surface area contributed by atoms with Crippen LogP contribution in [0, 0.1) is 0 Å². The molecule has 0 spiro atoms. The summed E-state index contributed by atoms with van der Waals surface area (Å²) >= 11 is 5.44. The first-order valence-corrected chi connectivity index (χ1v) is 8.51. The Kier molecular flexibility index (Phi) is 5.70. The Hall–Kier alpha value is -0.350. The van der Waals surface area contributed by atoms with Gasteiger partial charge in [-0.3, -0.25) is 4.79 Å². The van der Waals surface area contributed by atoms with Gasteiger partial charge >= 0.3 is 0 Å². The summed E-state index contributed by atoms with van der Waals surface area (Å²) in [6.45, 7) is 0. The minimum atomic E-state index is 0.211. The van der Waals surface area contributed by atoms with E-state index in [-0.39, 0.29) is 5.91 Å². The van der Waals surface area contributed by atoms with Crippen LogP contribution in [0.3, 0.4) is 0 Å². The van der Waals surface area contributed by atoms with Crippen LogP contribution in [0.2, 0.25) is 0 Å². The van der Waals surface area contributed by atoms with Gasteiger partial charge in [-0.05, 0) is 37.1 Å². The molecule has 100 valence electrons. The van der Waals surface area contributed by atoms with E-state index in [1.807, 2.05) is 0 Å². The maximum absolute atomic E-state index is 11.9. The van der Waals surface area contributed by atoms with Crippen molar-refractivity contribution in [1.82, 2.24) is 5.32 Å². The number of hydrogen-bond donors (Lipinski definition) is 1. The second-order valence-corrected chi connectivity index (χ2v) is 7.12. The first-order valence-electron chi connectivity index (χ1n) is 6.71. The van der Waals surface area contributed by atoms with Crippen LogP contribution in [-0.4, -0.2) is 16.8 Å². The molecule has 1 heterocycles. The van der Waals surface area contributed by atoms with Gasteiger partial charge in [0, 0.05) is 22.2 Å². The van der Waals surface area contributed by atoms with Gasteiger partial charge in [0.15, 0.2) is 0 Å². The molecule has 2 nitrogen and oxygen atoms in total. The molecule has 0 aliphatic heterocycles. The zero-order valence-electron chi connectivity index (χ0n) is 10.5. The van der Waals surface area contributed by atoms with Gasteiger partial charge in [0.2, 0.25) is 5.91 Å². The van der Waals surface area contributed by atoms with Crippen molar-refractivity contribution in [1.29, 1.82) is 0 Å². The number of carbonyl (C=O) groups is 1. The number of thiophene rings is 1. The van der Waals surface area contributed by atoms with Gasteiger partial charge < -0.3 is 5.32 Å². The number of hydrogen-bond acceptors (Lipinski definition) is 2. The molecule has 0 aromatic carbocycles. The molecular weight excluding hydrogens is 310 g/mol. The molecule has 18 heavy (non-hydrogen) atoms. The third-order valence-corrected chi connectivity index (χ3v) is 5.47. The fourth-order valence-corrected chi connectivity index (χ4v) is 3.88. The van der Waals surface area contributed by atoms with Crippen molar-refractivity contribution < 1.29 is 4.79 Å². The molecule has 1 N–H and O–H groups in total. The summed E-state index contributed by atoms with van der Waals surface area (Å²) in [6.07, 6.45) is 7.43. The lowest BCUT2D eigenvalue weighted by Gasteiger charge is -2.28. The molecule has 1 aromatic heterocycles. The highest BCUT2D eigenvalue weighted by Crippen LogP contribution is 2.24. The standard InChI is InChI=1S/C14H20BrNOS/c15-12-7-1-2-8-13(12)16-14(17)9-3-5-11-6-4-10-18-11/h4,6,10,12-13H,1-3,5,7-9H2,(H,16,17). The molecule has 4 heteroatoms. The lowest BCUT2D eigenvalue weighted by molar-refractivity contribution is -0.122. The van der Waals surface area contributed by atoms with Crippen LogP contribution in [-0.2, 0) is 11.2 Å². The lowest BCUT2D eigenvalue weighted by Crippen LogP contribution is -2.42. The predicted molar refractivity (Wildman–Crippen MR) is 80.4 cm³/mol. The molecule has 2 unspecified atom stereocenters. The van der Waals surface area contributed by atoms with Gasteiger partial charge in [-0.15, -0.1) is 11.3 Å². The average Bonchev–Trinajstić information content (AvgIpc) is 2.85. The number of amides is 1. The fourth-order valence-electron chi connectivity index (χ4n) is 2.41. The highest BCUT2D eigenvalue weighted by molar-refractivity contribution is 9.09. The van der Waals surface area contributed by atoms with Crippen LogP contribution in [0.1, 0.15) is 43.4 Å². The number of carbonyl (C=O) groups excluding carboxylic acids is 1. The Labute approximate surface area is 121 Å². The van der Waals surface area contributed by atoms with Crippen LogP contribution in [0.4, 0.5) is 0 Å². The summed E-state index contributed by atoms with van der Waals surface area (Å²) < 4.78 is 0. The second-order valence-electron chi connectivity index (χ2n) is 4.91. The molecular formula is C14H20BrNOS. The van der Waals surface area contributed by atoms with Crippen molar-refractivity contribution in [2.45, 2.75) is 55.8 Å². The molecule has 1 saturated carbocycles. The molecule has 2 atom stereocenters. The molecule has 0 radical (unpaired) electrons. The third-order valence-electron chi connectivity index (χ3n) is 3.44. The predicted octanol–water partition coefficient (Wildman–Crippen LogP) is 3.89. The lowest BCUT2D eigenvalue weighted by atomic mass is 9.95. The van der Waals surface area contributed by atoms with Crippen LogP contribution in [0.5, 0.6) is 0 Å². The minimum Gasteiger partial charge on any atom is -0.352 e. The Morgan fingerprint density at radius 1 is 1.44 bits per heavy atom. The molecule has 1 amide bonds. The number of halogens is 1. The normalized spacial score (nSPS) is 23.8. The number of rotatable bonds is 5. The summed E-state index contributed by atoms with van der Waals surface area (Å²) in [6, 6.07) is 4.54. The molecule has 0 saturated heterocycles. The van der Waals surface area contributed by atoms with Gasteiger partial charge in [-0.2, -0.15) is 0 Å². The molecule has 1 fully saturated rings. The number of nitrogens with one attached hydrogen (secondary N) is 1. The van der Waals surface area contributed by atoms with Crippen molar-refractivity contribution >= 4 is 33.2 Å². The smallest absolute Gasteiger partial charge is 0.220 e. The van der Waals surface area contributed by atoms with Crippen LogP contribution in [0.25, 0.3) is 0 Å². The van der Waals surface area contributed by atoms with E-state index in [9.17, 15) is 4.79 Å². The number of alkyl halides is 1. The van der Waals surface area contributed by atoms with E-state index in [0.717, 1.165) is 19.3 Å². The van der Waals surface area contributed by atoms with Gasteiger partial charge in [0.1, 0.15) is 0 Å². The van der Waals surface area contributed by atoms with Crippen molar-refractivity contribution in [3.8, 4) is 0 Å². The fraction of sp³-hybridized carbons (Fsp3) is 0.643. The van der Waals surface area contributed by atoms with Gasteiger partial charge in [0.25, 0.3) is 0 Å². The van der Waals surface area contributed by atoms with E-state index < -0.39 is 0 Å². The SMILES string of the molecule is O=C(CCCc1cccs1)NC1CCCCC1Br. The molecule has 1 aromatic rings. The summed E-state index contributed by atoms with van der Waals surface area (Å²) in [5.41, 5.74) is 0. The molecule has 0 bridgehead atoms. The van der Waals surface area contributed by atoms with E-state index in [0.29, 0.717) is 17.3 Å². The van der Waals surface area contributed by atoms with Gasteiger partial charge in [-0.1, -0.05) is 34.8 Å². The van der Waals surface area contributed by atoms with Crippen LogP contribution in [0.15, 0.2) is 17.5 Å². The molecule has 1 aliphatic carbocycles. The van der Waals surface area contributed by atoms with Crippen LogP contribution < -0.4 is 5.32 Å². The van der Waals surface area contributed by atoms with Crippen molar-refractivity contribution in [3.05, 3.63) is 22.4 Å².